The predicted molar refractivity (Wildman–Crippen MR) is 125 cm³/mol. The lowest BCUT2D eigenvalue weighted by molar-refractivity contribution is -0.172. The molecule has 166 valence electrons. The molecule has 0 saturated carbocycles. The van der Waals surface area contributed by atoms with Crippen molar-refractivity contribution in [2.45, 2.75) is 32.1 Å². The first-order chi connectivity index (χ1) is 15.5. The molecular weight excluding hydrogens is 442 g/mol. The van der Waals surface area contributed by atoms with Gasteiger partial charge in [-0.25, -0.2) is 9.78 Å². The van der Waals surface area contributed by atoms with Crippen molar-refractivity contribution in [2.24, 2.45) is 0 Å². The van der Waals surface area contributed by atoms with Gasteiger partial charge in [-0.15, -0.1) is 12.4 Å². The second kappa shape index (κ2) is 7.50. The Morgan fingerprint density at radius 2 is 1.88 bits per heavy atom. The summed E-state index contributed by atoms with van der Waals surface area (Å²) in [6.07, 6.45) is 3.64. The van der Waals surface area contributed by atoms with E-state index in [0.717, 1.165) is 27.6 Å². The number of pyridine rings is 3. The summed E-state index contributed by atoms with van der Waals surface area (Å²) in [5.41, 5.74) is 3.77. The average molecular weight is 462 g/mol. The first kappa shape index (κ1) is 21.3. The fourth-order valence-corrected chi connectivity index (χ4v) is 4.71. The molecule has 1 aromatic carbocycles. The topological polar surface area (TPSA) is 94.3 Å². The van der Waals surface area contributed by atoms with E-state index in [1.165, 1.54) is 0 Å². The van der Waals surface area contributed by atoms with Crippen LogP contribution in [0.3, 0.4) is 0 Å². The number of benzene rings is 1. The number of aromatic nitrogens is 3. The molecule has 7 nitrogen and oxygen atoms in total. The summed E-state index contributed by atoms with van der Waals surface area (Å²) < 4.78 is 6.77. The molecule has 5 heterocycles. The van der Waals surface area contributed by atoms with Gasteiger partial charge in [-0.2, -0.15) is 0 Å². The van der Waals surface area contributed by atoms with E-state index >= 15 is 0 Å². The lowest BCUT2D eigenvalue weighted by Gasteiger charge is -2.31. The van der Waals surface area contributed by atoms with Gasteiger partial charge < -0.3 is 14.4 Å². The molecule has 2 aliphatic rings. The van der Waals surface area contributed by atoms with Gasteiger partial charge in [0, 0.05) is 28.9 Å². The predicted octanol–water partition coefficient (Wildman–Crippen LogP) is 3.56. The Labute approximate surface area is 195 Å². The van der Waals surface area contributed by atoms with Gasteiger partial charge >= 0.3 is 5.97 Å². The van der Waals surface area contributed by atoms with E-state index in [1.807, 2.05) is 24.3 Å². The SMILES string of the molecule is CC[C@@]1(O)C(=O)OCc2c1cc1n(c2=O)Cc2cc3cc(-c4ccncc4)ccc3nc2-1.Cl. The fourth-order valence-electron chi connectivity index (χ4n) is 4.71. The van der Waals surface area contributed by atoms with Gasteiger partial charge in [-0.1, -0.05) is 13.0 Å². The van der Waals surface area contributed by atoms with Crippen LogP contribution in [-0.4, -0.2) is 25.6 Å². The third-order valence-corrected chi connectivity index (χ3v) is 6.52. The highest BCUT2D eigenvalue weighted by molar-refractivity contribution is 5.89. The quantitative estimate of drug-likeness (QED) is 0.404. The molecular formula is C25H20ClN3O4. The molecule has 33 heavy (non-hydrogen) atoms. The maximum atomic E-state index is 13.2. The highest BCUT2D eigenvalue weighted by Gasteiger charge is 2.45. The first-order valence-electron chi connectivity index (χ1n) is 10.5. The van der Waals surface area contributed by atoms with E-state index in [1.54, 1.807) is 30.0 Å². The smallest absolute Gasteiger partial charge is 0.343 e. The highest BCUT2D eigenvalue weighted by atomic mass is 35.5. The van der Waals surface area contributed by atoms with Crippen LogP contribution < -0.4 is 5.56 Å². The molecule has 0 unspecified atom stereocenters. The lowest BCUT2D eigenvalue weighted by Crippen LogP contribution is -2.44. The molecule has 3 aromatic heterocycles. The normalized spacial score (nSPS) is 18.2. The van der Waals surface area contributed by atoms with Crippen molar-refractivity contribution in [1.82, 2.24) is 14.5 Å². The summed E-state index contributed by atoms with van der Waals surface area (Å²) in [5, 5.41) is 11.9. The van der Waals surface area contributed by atoms with Crippen molar-refractivity contribution in [1.29, 1.82) is 0 Å². The molecule has 1 atom stereocenters. The second-order valence-corrected chi connectivity index (χ2v) is 8.24. The number of carbonyl (C=O) groups is 1. The maximum absolute atomic E-state index is 13.2. The van der Waals surface area contributed by atoms with Crippen LogP contribution in [0.4, 0.5) is 0 Å². The van der Waals surface area contributed by atoms with Crippen LogP contribution in [0.25, 0.3) is 33.4 Å². The van der Waals surface area contributed by atoms with Gasteiger partial charge in [0.2, 0.25) is 0 Å². The molecule has 0 amide bonds. The van der Waals surface area contributed by atoms with E-state index in [-0.39, 0.29) is 31.0 Å². The van der Waals surface area contributed by atoms with Crippen LogP contribution in [0.15, 0.2) is 59.7 Å². The zero-order chi connectivity index (χ0) is 22.0. The Kier molecular flexibility index (Phi) is 4.84. The van der Waals surface area contributed by atoms with Crippen LogP contribution in [-0.2, 0) is 28.3 Å². The first-order valence-corrected chi connectivity index (χ1v) is 10.5. The number of hydrogen-bond acceptors (Lipinski definition) is 6. The summed E-state index contributed by atoms with van der Waals surface area (Å²) in [5.74, 6) is -0.717. The standard InChI is InChI=1S/C25H19N3O4.ClH/c1-2-25(31)19-11-21-22-17(12-28(21)23(29)18(19)13-32-24(25)30)10-16-9-15(3-4-20(16)27-22)14-5-7-26-8-6-14;/h3-11,31H,2,12-13H2,1H3;1H/t25-;/m0./s1. The number of halogens is 1. The van der Waals surface area contributed by atoms with E-state index in [0.29, 0.717) is 29.1 Å². The molecule has 0 fully saturated rings. The number of carbonyl (C=O) groups excluding carboxylic acids is 1. The molecule has 8 heteroatoms. The van der Waals surface area contributed by atoms with Crippen molar-refractivity contribution >= 4 is 29.3 Å². The lowest BCUT2D eigenvalue weighted by atomic mass is 9.86. The van der Waals surface area contributed by atoms with Crippen molar-refractivity contribution in [2.75, 3.05) is 0 Å². The maximum Gasteiger partial charge on any atom is 0.343 e. The van der Waals surface area contributed by atoms with Gasteiger partial charge in [0.1, 0.15) is 6.61 Å². The average Bonchev–Trinajstić information content (AvgIpc) is 3.18. The number of esters is 1. The molecule has 0 bridgehead atoms. The minimum absolute atomic E-state index is 0. The molecule has 6 rings (SSSR count). The zero-order valence-corrected chi connectivity index (χ0v) is 18.6. The van der Waals surface area contributed by atoms with Gasteiger partial charge in [0.15, 0.2) is 5.60 Å². The number of ether oxygens (including phenoxy) is 1. The van der Waals surface area contributed by atoms with Crippen LogP contribution in [0, 0.1) is 0 Å². The summed E-state index contributed by atoms with van der Waals surface area (Å²) in [6, 6.07) is 13.8. The monoisotopic (exact) mass is 461 g/mol. The minimum Gasteiger partial charge on any atom is -0.458 e. The Balaban J connectivity index is 0.00000228. The second-order valence-electron chi connectivity index (χ2n) is 8.24. The number of cyclic esters (lactones) is 1. The summed E-state index contributed by atoms with van der Waals surface area (Å²) in [7, 11) is 0. The van der Waals surface area contributed by atoms with E-state index < -0.39 is 11.6 Å². The zero-order valence-electron chi connectivity index (χ0n) is 17.7. The third-order valence-electron chi connectivity index (χ3n) is 6.52. The molecule has 4 aromatic rings. The van der Waals surface area contributed by atoms with Crippen LogP contribution in [0.5, 0.6) is 0 Å². The van der Waals surface area contributed by atoms with E-state index in [4.69, 9.17) is 9.72 Å². The fraction of sp³-hybridized carbons (Fsp3) is 0.200. The molecule has 2 aliphatic heterocycles. The Morgan fingerprint density at radius 1 is 1.09 bits per heavy atom. The summed E-state index contributed by atoms with van der Waals surface area (Å²) in [6.45, 7) is 1.95. The van der Waals surface area contributed by atoms with Gasteiger partial charge in [-0.05, 0) is 53.9 Å². The summed E-state index contributed by atoms with van der Waals surface area (Å²) in [4.78, 5) is 34.5. The number of aliphatic hydroxyl groups is 1. The third kappa shape index (κ3) is 3.00. The van der Waals surface area contributed by atoms with Gasteiger partial charge in [-0.3, -0.25) is 9.78 Å². The minimum atomic E-state index is -1.82. The Hall–Kier alpha value is -3.55. The van der Waals surface area contributed by atoms with E-state index in [9.17, 15) is 14.7 Å². The summed E-state index contributed by atoms with van der Waals surface area (Å²) >= 11 is 0. The Bertz CT molecular complexity index is 1500. The highest BCUT2D eigenvalue weighted by Crippen LogP contribution is 2.38. The van der Waals surface area contributed by atoms with E-state index in [2.05, 4.69) is 17.1 Å². The van der Waals surface area contributed by atoms with Crippen molar-refractivity contribution in [3.8, 4) is 22.5 Å². The van der Waals surface area contributed by atoms with Crippen LogP contribution >= 0.6 is 12.4 Å². The molecule has 0 saturated heterocycles. The van der Waals surface area contributed by atoms with Crippen LogP contribution in [0.2, 0.25) is 0 Å². The largest absolute Gasteiger partial charge is 0.458 e. The number of rotatable bonds is 2. The Morgan fingerprint density at radius 3 is 2.64 bits per heavy atom. The van der Waals surface area contributed by atoms with Crippen molar-refractivity contribution < 1.29 is 14.6 Å². The van der Waals surface area contributed by atoms with Gasteiger partial charge in [0.25, 0.3) is 5.56 Å². The molecule has 0 aliphatic carbocycles. The van der Waals surface area contributed by atoms with Crippen LogP contribution in [0.1, 0.15) is 30.0 Å². The van der Waals surface area contributed by atoms with Crippen molar-refractivity contribution in [3.05, 3.63) is 81.9 Å². The molecule has 0 spiro atoms. The number of hydrogen-bond donors (Lipinski definition) is 1. The van der Waals surface area contributed by atoms with Crippen molar-refractivity contribution in [3.63, 3.8) is 0 Å². The van der Waals surface area contributed by atoms with Gasteiger partial charge in [0.05, 0.1) is 29.0 Å². The molecule has 0 radical (unpaired) electrons. The molecule has 1 N–H and O–H groups in total. The number of nitrogens with zero attached hydrogens (tertiary/aromatic N) is 3. The number of fused-ring (bicyclic) bond motifs is 5.